The van der Waals surface area contributed by atoms with Crippen LogP contribution >= 0.6 is 22.7 Å². The Hall–Kier alpha value is -2.51. The van der Waals surface area contributed by atoms with Gasteiger partial charge >= 0.3 is 5.97 Å². The number of nitrogens with zero attached hydrogens (tertiary/aromatic N) is 2. The highest BCUT2D eigenvalue weighted by molar-refractivity contribution is 7.17. The van der Waals surface area contributed by atoms with E-state index >= 15 is 0 Å². The van der Waals surface area contributed by atoms with Crippen molar-refractivity contribution in [1.29, 1.82) is 0 Å². The summed E-state index contributed by atoms with van der Waals surface area (Å²) in [4.78, 5) is 16.3. The lowest BCUT2D eigenvalue weighted by Crippen LogP contribution is -2.05. The number of fused-ring (bicyclic) bond motifs is 1. The second-order valence-electron chi connectivity index (χ2n) is 5.44. The highest BCUT2D eigenvalue weighted by Crippen LogP contribution is 2.26. The molecule has 0 radical (unpaired) electrons. The van der Waals surface area contributed by atoms with Gasteiger partial charge in [-0.05, 0) is 28.3 Å². The van der Waals surface area contributed by atoms with E-state index in [1.807, 2.05) is 40.4 Å². The normalized spacial score (nSPS) is 11.0. The molecule has 0 spiro atoms. The second-order valence-corrected chi connectivity index (χ2v) is 7.13. The summed E-state index contributed by atoms with van der Waals surface area (Å²) >= 11 is 3.23. The van der Waals surface area contributed by atoms with Gasteiger partial charge in [0.1, 0.15) is 6.61 Å². The van der Waals surface area contributed by atoms with Gasteiger partial charge < -0.3 is 9.26 Å². The van der Waals surface area contributed by atoms with Crippen LogP contribution in [0.4, 0.5) is 0 Å². The number of carbonyl (C=O) groups is 1. The molecule has 0 saturated carbocycles. The Kier molecular flexibility index (Phi) is 4.58. The molecule has 0 aliphatic rings. The summed E-state index contributed by atoms with van der Waals surface area (Å²) in [6.45, 7) is 0.285. The molecule has 1 aromatic carbocycles. The van der Waals surface area contributed by atoms with E-state index in [1.165, 1.54) is 4.70 Å². The van der Waals surface area contributed by atoms with Gasteiger partial charge in [-0.2, -0.15) is 16.3 Å². The molecule has 4 rings (SSSR count). The Morgan fingerprint density at radius 2 is 2.12 bits per heavy atom. The summed E-state index contributed by atoms with van der Waals surface area (Å²) in [5.74, 6) is 0.721. The zero-order chi connectivity index (χ0) is 17.1. The molecule has 3 aromatic heterocycles. The van der Waals surface area contributed by atoms with Crippen LogP contribution in [0.5, 0.6) is 0 Å². The Balaban J connectivity index is 1.31. The first-order valence-electron chi connectivity index (χ1n) is 7.75. The predicted molar refractivity (Wildman–Crippen MR) is 97.6 cm³/mol. The van der Waals surface area contributed by atoms with Gasteiger partial charge in [0, 0.05) is 27.6 Å². The maximum atomic E-state index is 12.0. The molecule has 0 amide bonds. The number of rotatable bonds is 6. The van der Waals surface area contributed by atoms with Crippen LogP contribution in [0.3, 0.4) is 0 Å². The van der Waals surface area contributed by atoms with E-state index in [2.05, 4.69) is 16.2 Å². The lowest BCUT2D eigenvalue weighted by molar-refractivity contribution is -0.144. The van der Waals surface area contributed by atoms with Gasteiger partial charge in [-0.1, -0.05) is 23.4 Å². The van der Waals surface area contributed by atoms with Gasteiger partial charge in [0.05, 0.1) is 6.42 Å². The molecule has 0 N–H and O–H groups in total. The fraction of sp³-hybridized carbons (Fsp3) is 0.167. The van der Waals surface area contributed by atoms with Crippen LogP contribution in [0.25, 0.3) is 21.5 Å². The number of aryl methyl sites for hydroxylation is 1. The molecular weight excluding hydrogens is 356 g/mol. The van der Waals surface area contributed by atoms with Gasteiger partial charge in [-0.15, -0.1) is 11.3 Å². The highest BCUT2D eigenvalue weighted by Gasteiger charge is 2.12. The first kappa shape index (κ1) is 16.0. The Morgan fingerprint density at radius 3 is 3.00 bits per heavy atom. The Morgan fingerprint density at radius 1 is 1.20 bits per heavy atom. The molecule has 0 fully saturated rings. The largest absolute Gasteiger partial charge is 0.461 e. The van der Waals surface area contributed by atoms with Crippen molar-refractivity contribution < 1.29 is 14.1 Å². The maximum Gasteiger partial charge on any atom is 0.306 e. The maximum absolute atomic E-state index is 12.0. The van der Waals surface area contributed by atoms with E-state index in [9.17, 15) is 4.79 Å². The van der Waals surface area contributed by atoms with Crippen LogP contribution in [0.1, 0.15) is 17.9 Å². The van der Waals surface area contributed by atoms with Crippen molar-refractivity contribution in [2.45, 2.75) is 19.4 Å². The first-order valence-corrected chi connectivity index (χ1v) is 9.58. The smallest absolute Gasteiger partial charge is 0.306 e. The summed E-state index contributed by atoms with van der Waals surface area (Å²) in [6, 6.07) is 10.0. The number of carbonyl (C=O) groups excluding carboxylic acids is 1. The number of benzene rings is 1. The molecule has 0 saturated heterocycles. The van der Waals surface area contributed by atoms with Crippen LogP contribution in [0.15, 0.2) is 51.0 Å². The SMILES string of the molecule is O=C(CCc1nc(-c2ccsc2)no1)OCc1csc2ccccc12. The number of ether oxygens (including phenoxy) is 1. The minimum Gasteiger partial charge on any atom is -0.461 e. The number of aromatic nitrogens is 2. The van der Waals surface area contributed by atoms with Gasteiger partial charge in [-0.3, -0.25) is 4.79 Å². The van der Waals surface area contributed by atoms with Crippen LogP contribution < -0.4 is 0 Å². The zero-order valence-electron chi connectivity index (χ0n) is 13.2. The van der Waals surface area contributed by atoms with Crippen molar-refractivity contribution in [1.82, 2.24) is 10.1 Å². The molecule has 0 unspecified atom stereocenters. The molecule has 0 atom stereocenters. The summed E-state index contributed by atoms with van der Waals surface area (Å²) in [6.07, 6.45) is 0.591. The van der Waals surface area contributed by atoms with E-state index in [1.54, 1.807) is 22.7 Å². The number of hydrogen-bond acceptors (Lipinski definition) is 7. The minimum atomic E-state index is -0.273. The molecule has 0 bridgehead atoms. The lowest BCUT2D eigenvalue weighted by atomic mass is 10.2. The number of hydrogen-bond donors (Lipinski definition) is 0. The van der Waals surface area contributed by atoms with Crippen molar-refractivity contribution in [3.8, 4) is 11.4 Å². The average molecular weight is 370 g/mol. The predicted octanol–water partition coefficient (Wildman–Crippen LogP) is 4.69. The van der Waals surface area contributed by atoms with Crippen molar-refractivity contribution in [3.05, 3.63) is 57.9 Å². The number of thiophene rings is 2. The molecule has 4 aromatic rings. The fourth-order valence-corrected chi connectivity index (χ4v) is 4.03. The van der Waals surface area contributed by atoms with Crippen molar-refractivity contribution in [2.75, 3.05) is 0 Å². The van der Waals surface area contributed by atoms with Crippen LogP contribution in [0.2, 0.25) is 0 Å². The van der Waals surface area contributed by atoms with Gasteiger partial charge in [0.15, 0.2) is 0 Å². The monoisotopic (exact) mass is 370 g/mol. The lowest BCUT2D eigenvalue weighted by Gasteiger charge is -2.03. The molecule has 7 heteroatoms. The topological polar surface area (TPSA) is 65.2 Å². The Bertz CT molecular complexity index is 989. The molecule has 3 heterocycles. The average Bonchev–Trinajstić information content (AvgIpc) is 3.38. The van der Waals surface area contributed by atoms with Crippen LogP contribution in [0, 0.1) is 0 Å². The summed E-state index contributed by atoms with van der Waals surface area (Å²) in [5, 5.41) is 11.0. The third kappa shape index (κ3) is 3.62. The number of esters is 1. The first-order chi connectivity index (χ1) is 12.3. The van der Waals surface area contributed by atoms with E-state index < -0.39 is 0 Å². The van der Waals surface area contributed by atoms with E-state index in [0.29, 0.717) is 18.1 Å². The van der Waals surface area contributed by atoms with Crippen LogP contribution in [-0.2, 0) is 22.6 Å². The van der Waals surface area contributed by atoms with Crippen molar-refractivity contribution in [2.24, 2.45) is 0 Å². The minimum absolute atomic E-state index is 0.216. The fourth-order valence-electron chi connectivity index (χ4n) is 2.45. The van der Waals surface area contributed by atoms with E-state index in [4.69, 9.17) is 9.26 Å². The van der Waals surface area contributed by atoms with E-state index in [0.717, 1.165) is 16.5 Å². The summed E-state index contributed by atoms with van der Waals surface area (Å²) in [7, 11) is 0. The molecule has 5 nitrogen and oxygen atoms in total. The summed E-state index contributed by atoms with van der Waals surface area (Å²) in [5.41, 5.74) is 1.96. The molecule has 126 valence electrons. The second kappa shape index (κ2) is 7.16. The molecule has 0 aliphatic carbocycles. The van der Waals surface area contributed by atoms with Gasteiger partial charge in [-0.25, -0.2) is 0 Å². The summed E-state index contributed by atoms with van der Waals surface area (Å²) < 4.78 is 11.8. The van der Waals surface area contributed by atoms with E-state index in [-0.39, 0.29) is 19.0 Å². The standard InChI is InChI=1S/C18H14N2O3S2/c21-17(22-9-13-11-25-15-4-2-1-3-14(13)15)6-5-16-19-18(20-23-16)12-7-8-24-10-12/h1-4,7-8,10-11H,5-6,9H2. The molecular formula is C18H14N2O3S2. The quantitative estimate of drug-likeness (QED) is 0.461. The third-order valence-electron chi connectivity index (χ3n) is 3.74. The third-order valence-corrected chi connectivity index (χ3v) is 5.44. The van der Waals surface area contributed by atoms with Crippen LogP contribution in [-0.4, -0.2) is 16.1 Å². The van der Waals surface area contributed by atoms with Crippen molar-refractivity contribution in [3.63, 3.8) is 0 Å². The van der Waals surface area contributed by atoms with Crippen molar-refractivity contribution >= 4 is 38.7 Å². The molecule has 0 aliphatic heterocycles. The molecule has 25 heavy (non-hydrogen) atoms. The van der Waals surface area contributed by atoms with Gasteiger partial charge in [0.2, 0.25) is 11.7 Å². The highest BCUT2D eigenvalue weighted by atomic mass is 32.1. The zero-order valence-corrected chi connectivity index (χ0v) is 14.8. The van der Waals surface area contributed by atoms with Gasteiger partial charge in [0.25, 0.3) is 0 Å². The Labute approximate surface area is 151 Å².